The van der Waals surface area contributed by atoms with Crippen molar-refractivity contribution in [3.63, 3.8) is 0 Å². The van der Waals surface area contributed by atoms with Gasteiger partial charge in [-0.15, -0.1) is 0 Å². The Hall–Kier alpha value is -1.99. The molecule has 0 aliphatic heterocycles. The zero-order valence-corrected chi connectivity index (χ0v) is 18.7. The molecule has 32 heavy (non-hydrogen) atoms. The van der Waals surface area contributed by atoms with Crippen LogP contribution < -0.4 is 20.1 Å². The summed E-state index contributed by atoms with van der Waals surface area (Å²) in [7, 11) is 0. The fourth-order valence-corrected chi connectivity index (χ4v) is 3.04. The molecule has 0 amide bonds. The summed E-state index contributed by atoms with van der Waals surface area (Å²) in [5.74, 6) is -5.34. The number of halogens is 9. The van der Waals surface area contributed by atoms with Gasteiger partial charge in [0.15, 0.2) is 18.3 Å². The van der Waals surface area contributed by atoms with Crippen LogP contribution in [0.15, 0.2) is 40.9 Å². The predicted octanol–water partition coefficient (Wildman–Crippen LogP) is 7.13. The van der Waals surface area contributed by atoms with Gasteiger partial charge in [0.2, 0.25) is 0 Å². The fourth-order valence-electron chi connectivity index (χ4n) is 2.09. The minimum Gasteiger partial charge on any atom is -0.487 e. The Bertz CT molecular complexity index is 963. The fraction of sp³-hybridized carbons (Fsp3) is 0.278. The van der Waals surface area contributed by atoms with Crippen molar-refractivity contribution in [2.75, 3.05) is 23.8 Å². The van der Waals surface area contributed by atoms with E-state index in [0.717, 1.165) is 18.2 Å². The van der Waals surface area contributed by atoms with Crippen LogP contribution in [-0.4, -0.2) is 36.9 Å². The molecule has 176 valence electrons. The lowest BCUT2D eigenvalue weighted by Gasteiger charge is -2.18. The number of hydrogen-bond donors (Lipinski definition) is 2. The summed E-state index contributed by atoms with van der Waals surface area (Å²) in [5.41, 5.74) is 0.371. The lowest BCUT2D eigenvalue weighted by atomic mass is 10.2. The average Bonchev–Trinajstić information content (AvgIpc) is 2.66. The summed E-state index contributed by atoms with van der Waals surface area (Å²) in [6.45, 7) is -3.38. The van der Waals surface area contributed by atoms with Crippen molar-refractivity contribution in [2.45, 2.75) is 18.5 Å². The SMILES string of the molecule is FC(F)C(F)(F)COc1cc(NC(=S)Nc2ccc(Br)cc2Cl)cc(OCC(F)(F)F)c1. The number of hydrogen-bond acceptors (Lipinski definition) is 3. The molecular weight excluding hydrogens is 557 g/mol. The average molecular weight is 570 g/mol. The highest BCUT2D eigenvalue weighted by Gasteiger charge is 2.41. The van der Waals surface area contributed by atoms with Crippen LogP contribution in [-0.2, 0) is 0 Å². The molecule has 2 N–H and O–H groups in total. The standard InChI is InChI=1S/C18H13BrClF7N2O2S/c19-9-1-2-14(13(20)3-9)29-16(32)28-10-4-11(30-7-17(23,24)15(21)22)6-12(5-10)31-8-18(25,26)27/h1-6,15H,7-8H2,(H2,28,29,32). The molecule has 2 aromatic rings. The van der Waals surface area contributed by atoms with E-state index in [1.165, 1.54) is 0 Å². The number of thiocarbonyl (C=S) groups is 1. The molecule has 0 unspecified atom stereocenters. The quantitative estimate of drug-likeness (QED) is 0.262. The van der Waals surface area contributed by atoms with Crippen molar-refractivity contribution in [3.8, 4) is 11.5 Å². The van der Waals surface area contributed by atoms with Crippen LogP contribution in [0, 0.1) is 0 Å². The summed E-state index contributed by atoms with van der Waals surface area (Å²) in [6, 6.07) is 7.83. The van der Waals surface area contributed by atoms with E-state index >= 15 is 0 Å². The highest BCUT2D eigenvalue weighted by atomic mass is 79.9. The van der Waals surface area contributed by atoms with Crippen LogP contribution in [0.3, 0.4) is 0 Å². The van der Waals surface area contributed by atoms with Crippen molar-refractivity contribution in [1.82, 2.24) is 0 Å². The first-order valence-corrected chi connectivity index (χ1v) is 9.99. The molecule has 0 atom stereocenters. The smallest absolute Gasteiger partial charge is 0.422 e. The van der Waals surface area contributed by atoms with Gasteiger partial charge in [0.25, 0.3) is 0 Å². The van der Waals surface area contributed by atoms with Gasteiger partial charge in [-0.3, -0.25) is 0 Å². The molecule has 0 aliphatic rings. The molecule has 4 nitrogen and oxygen atoms in total. The number of alkyl halides is 7. The lowest BCUT2D eigenvalue weighted by Crippen LogP contribution is -2.33. The van der Waals surface area contributed by atoms with Gasteiger partial charge in [-0.05, 0) is 30.4 Å². The van der Waals surface area contributed by atoms with Crippen molar-refractivity contribution >= 4 is 56.2 Å². The summed E-state index contributed by atoms with van der Waals surface area (Å²) in [6.07, 6.45) is -8.67. The monoisotopic (exact) mass is 568 g/mol. The molecule has 0 aliphatic carbocycles. The maximum atomic E-state index is 13.1. The van der Waals surface area contributed by atoms with Crippen LogP contribution in [0.5, 0.6) is 11.5 Å². The van der Waals surface area contributed by atoms with Gasteiger partial charge in [0.05, 0.1) is 10.7 Å². The Labute approximate surface area is 196 Å². The molecule has 0 aromatic heterocycles. The molecule has 0 spiro atoms. The van der Waals surface area contributed by atoms with E-state index in [4.69, 9.17) is 23.8 Å². The van der Waals surface area contributed by atoms with E-state index in [-0.39, 0.29) is 10.8 Å². The van der Waals surface area contributed by atoms with E-state index in [9.17, 15) is 30.7 Å². The van der Waals surface area contributed by atoms with Gasteiger partial charge < -0.3 is 20.1 Å². The second kappa shape index (κ2) is 10.8. The van der Waals surface area contributed by atoms with Gasteiger partial charge in [-0.1, -0.05) is 27.5 Å². The van der Waals surface area contributed by atoms with Gasteiger partial charge in [0, 0.05) is 28.4 Å². The summed E-state index contributed by atoms with van der Waals surface area (Å²) >= 11 is 14.4. The van der Waals surface area contributed by atoms with Gasteiger partial charge >= 0.3 is 18.5 Å². The Morgan fingerprint density at radius 2 is 1.56 bits per heavy atom. The van der Waals surface area contributed by atoms with Crippen LogP contribution in [0.4, 0.5) is 42.1 Å². The third kappa shape index (κ3) is 8.51. The molecule has 0 saturated carbocycles. The second-order valence-corrected chi connectivity index (χ2v) is 7.88. The summed E-state index contributed by atoms with van der Waals surface area (Å²) in [4.78, 5) is 0. The molecule has 14 heteroatoms. The third-order valence-electron chi connectivity index (χ3n) is 3.47. The van der Waals surface area contributed by atoms with Crippen LogP contribution in [0.2, 0.25) is 5.02 Å². The number of ether oxygens (including phenoxy) is 2. The van der Waals surface area contributed by atoms with Crippen LogP contribution in [0.25, 0.3) is 0 Å². The highest BCUT2D eigenvalue weighted by molar-refractivity contribution is 9.10. The molecule has 0 heterocycles. The second-order valence-electron chi connectivity index (χ2n) is 6.15. The van der Waals surface area contributed by atoms with E-state index < -0.39 is 43.2 Å². The first-order chi connectivity index (χ1) is 14.7. The molecule has 2 aromatic carbocycles. The third-order valence-corrected chi connectivity index (χ3v) is 4.48. The Morgan fingerprint density at radius 3 is 2.09 bits per heavy atom. The zero-order valence-electron chi connectivity index (χ0n) is 15.6. The number of nitrogens with one attached hydrogen (secondary N) is 2. The number of rotatable bonds is 8. The Balaban J connectivity index is 2.20. The molecule has 0 saturated heterocycles. The van der Waals surface area contributed by atoms with E-state index in [2.05, 4.69) is 36.0 Å². The Kier molecular flexibility index (Phi) is 8.82. The van der Waals surface area contributed by atoms with Gasteiger partial charge in [-0.2, -0.15) is 22.0 Å². The number of anilines is 2. The largest absolute Gasteiger partial charge is 0.487 e. The molecular formula is C18H13BrClF7N2O2S. The molecule has 0 fully saturated rings. The maximum Gasteiger partial charge on any atom is 0.422 e. The first-order valence-electron chi connectivity index (χ1n) is 8.41. The topological polar surface area (TPSA) is 42.5 Å². The van der Waals surface area contributed by atoms with Crippen LogP contribution >= 0.6 is 39.7 Å². The minimum absolute atomic E-state index is 0.0224. The van der Waals surface area contributed by atoms with Crippen molar-refractivity contribution in [1.29, 1.82) is 0 Å². The van der Waals surface area contributed by atoms with E-state index in [1.54, 1.807) is 18.2 Å². The summed E-state index contributed by atoms with van der Waals surface area (Å²) in [5, 5.41) is 5.57. The van der Waals surface area contributed by atoms with Crippen molar-refractivity contribution in [2.24, 2.45) is 0 Å². The Morgan fingerprint density at radius 1 is 0.969 bits per heavy atom. The van der Waals surface area contributed by atoms with Crippen molar-refractivity contribution in [3.05, 3.63) is 45.9 Å². The molecule has 2 rings (SSSR count). The number of benzene rings is 2. The maximum absolute atomic E-state index is 13.1. The highest BCUT2D eigenvalue weighted by Crippen LogP contribution is 2.31. The van der Waals surface area contributed by atoms with E-state index in [0.29, 0.717) is 15.2 Å². The van der Waals surface area contributed by atoms with Crippen molar-refractivity contribution < 1.29 is 40.2 Å². The van der Waals surface area contributed by atoms with Gasteiger partial charge in [-0.25, -0.2) is 8.78 Å². The predicted molar refractivity (Wildman–Crippen MR) is 113 cm³/mol. The van der Waals surface area contributed by atoms with Gasteiger partial charge in [0.1, 0.15) is 11.5 Å². The minimum atomic E-state index is -4.68. The summed E-state index contributed by atoms with van der Waals surface area (Å²) < 4.78 is 98.2. The van der Waals surface area contributed by atoms with E-state index in [1.807, 2.05) is 0 Å². The normalized spacial score (nSPS) is 11.9. The first kappa shape index (κ1) is 26.3. The lowest BCUT2D eigenvalue weighted by molar-refractivity contribution is -0.153. The van der Waals surface area contributed by atoms with Crippen LogP contribution in [0.1, 0.15) is 0 Å². The molecule has 0 bridgehead atoms. The zero-order chi connectivity index (χ0) is 24.1. The molecule has 0 radical (unpaired) electrons.